The van der Waals surface area contributed by atoms with Crippen molar-refractivity contribution in [2.45, 2.75) is 32.7 Å². The molecule has 0 radical (unpaired) electrons. The molecule has 0 saturated heterocycles. The molecule has 0 aliphatic carbocycles. The van der Waals surface area contributed by atoms with Gasteiger partial charge in [-0.05, 0) is 12.8 Å². The molecule has 0 bridgehead atoms. The van der Waals surface area contributed by atoms with Crippen molar-refractivity contribution in [2.75, 3.05) is 0 Å². The van der Waals surface area contributed by atoms with Crippen molar-refractivity contribution >= 4 is 22.8 Å². The number of hydrogen-bond donors (Lipinski definition) is 1. The Morgan fingerprint density at radius 1 is 1.50 bits per heavy atom. The summed E-state index contributed by atoms with van der Waals surface area (Å²) in [6.07, 6.45) is 3.03. The Bertz CT molecular complexity index is 625. The highest BCUT2D eigenvalue weighted by molar-refractivity contribution is 6.32. The van der Waals surface area contributed by atoms with Gasteiger partial charge in [0.15, 0.2) is 5.65 Å². The molecule has 6 heteroatoms. The molecule has 0 spiro atoms. The lowest BCUT2D eigenvalue weighted by Crippen LogP contribution is -2.07. The van der Waals surface area contributed by atoms with Gasteiger partial charge in [0.2, 0.25) is 0 Å². The number of halogens is 1. The molecule has 0 aromatic carbocycles. The highest BCUT2D eigenvalue weighted by atomic mass is 35.5. The monoisotopic (exact) mass is 264 g/mol. The minimum atomic E-state index is -0.120. The number of aromatic nitrogens is 3. The van der Waals surface area contributed by atoms with E-state index in [4.69, 9.17) is 11.6 Å². The van der Waals surface area contributed by atoms with E-state index >= 15 is 0 Å². The second kappa shape index (κ2) is 4.83. The first-order valence-electron chi connectivity index (χ1n) is 5.79. The van der Waals surface area contributed by atoms with Crippen molar-refractivity contribution in [3.05, 3.63) is 16.8 Å². The molecule has 0 unspecified atom stereocenters. The number of pyridine rings is 1. The Kier molecular flexibility index (Phi) is 3.39. The van der Waals surface area contributed by atoms with E-state index in [1.807, 2.05) is 13.8 Å². The Labute approximate surface area is 110 Å². The van der Waals surface area contributed by atoms with E-state index < -0.39 is 0 Å². The van der Waals surface area contributed by atoms with E-state index in [2.05, 4.69) is 16.0 Å². The van der Waals surface area contributed by atoms with Crippen molar-refractivity contribution in [1.29, 1.82) is 5.26 Å². The van der Waals surface area contributed by atoms with Crippen LogP contribution in [0, 0.1) is 11.3 Å². The standard InChI is InChI=1S/C12H13ClN4O/c1-3-7(4-2)17-10-8(5-14)9(13)6-15-11(10)16-12(17)18/h6-7H,3-4H2,1-2H3,(H,15,16,18). The molecule has 0 saturated carbocycles. The fraction of sp³-hybridized carbons (Fsp3) is 0.417. The average Bonchev–Trinajstić information content (AvgIpc) is 2.69. The minimum absolute atomic E-state index is 0.0716. The van der Waals surface area contributed by atoms with E-state index in [-0.39, 0.29) is 17.1 Å². The van der Waals surface area contributed by atoms with Crippen molar-refractivity contribution in [3.63, 3.8) is 0 Å². The average molecular weight is 265 g/mol. The molecular formula is C12H13ClN4O. The van der Waals surface area contributed by atoms with Crippen LogP contribution in [0.25, 0.3) is 11.2 Å². The van der Waals surface area contributed by atoms with Crippen LogP contribution >= 0.6 is 11.6 Å². The molecule has 0 fully saturated rings. The van der Waals surface area contributed by atoms with Gasteiger partial charge in [0, 0.05) is 12.2 Å². The molecule has 0 amide bonds. The molecule has 0 atom stereocenters. The van der Waals surface area contributed by atoms with E-state index in [0.717, 1.165) is 12.8 Å². The van der Waals surface area contributed by atoms with Crippen LogP contribution in [0.4, 0.5) is 0 Å². The van der Waals surface area contributed by atoms with Crippen LogP contribution in [0.5, 0.6) is 6.01 Å². The molecule has 1 N–H and O–H groups in total. The highest BCUT2D eigenvalue weighted by Crippen LogP contribution is 2.32. The topological polar surface area (TPSA) is 74.7 Å². The number of imidazole rings is 1. The zero-order valence-corrected chi connectivity index (χ0v) is 10.9. The van der Waals surface area contributed by atoms with E-state index in [9.17, 15) is 10.4 Å². The van der Waals surface area contributed by atoms with Gasteiger partial charge in [-0.25, -0.2) is 4.98 Å². The lowest BCUT2D eigenvalue weighted by atomic mass is 10.1. The van der Waals surface area contributed by atoms with Crippen LogP contribution < -0.4 is 0 Å². The van der Waals surface area contributed by atoms with E-state index in [1.54, 1.807) is 4.57 Å². The molecule has 18 heavy (non-hydrogen) atoms. The largest absolute Gasteiger partial charge is 0.480 e. The van der Waals surface area contributed by atoms with Crippen LogP contribution in [-0.4, -0.2) is 19.6 Å². The zero-order chi connectivity index (χ0) is 13.3. The van der Waals surface area contributed by atoms with Gasteiger partial charge in [0.1, 0.15) is 11.6 Å². The Balaban J connectivity index is 2.84. The predicted octanol–water partition coefficient (Wildman–Crippen LogP) is 3.02. The number of nitriles is 1. The maximum absolute atomic E-state index is 9.94. The smallest absolute Gasteiger partial charge is 0.296 e. The Hall–Kier alpha value is -1.80. The van der Waals surface area contributed by atoms with E-state index in [1.165, 1.54) is 6.20 Å². The number of aromatic hydroxyl groups is 1. The second-order valence-electron chi connectivity index (χ2n) is 4.02. The molecule has 94 valence electrons. The fourth-order valence-corrected chi connectivity index (χ4v) is 2.31. The normalized spacial score (nSPS) is 11.1. The summed E-state index contributed by atoms with van der Waals surface area (Å²) in [6.45, 7) is 4.03. The van der Waals surface area contributed by atoms with Crippen molar-refractivity contribution < 1.29 is 5.11 Å². The lowest BCUT2D eigenvalue weighted by molar-refractivity contribution is 0.361. The number of fused-ring (bicyclic) bond motifs is 1. The van der Waals surface area contributed by atoms with Crippen LogP contribution in [0.1, 0.15) is 38.3 Å². The van der Waals surface area contributed by atoms with Gasteiger partial charge in [0.05, 0.1) is 10.6 Å². The van der Waals surface area contributed by atoms with Gasteiger partial charge in [-0.2, -0.15) is 10.2 Å². The van der Waals surface area contributed by atoms with Gasteiger partial charge in [0.25, 0.3) is 6.01 Å². The quantitative estimate of drug-likeness (QED) is 0.925. The molecular weight excluding hydrogens is 252 g/mol. The number of hydrogen-bond acceptors (Lipinski definition) is 4. The third-order valence-corrected chi connectivity index (χ3v) is 3.36. The summed E-state index contributed by atoms with van der Waals surface area (Å²) in [6, 6.07) is 2.00. The maximum Gasteiger partial charge on any atom is 0.296 e. The number of nitrogens with zero attached hydrogens (tertiary/aromatic N) is 4. The molecule has 2 rings (SSSR count). The first-order valence-corrected chi connectivity index (χ1v) is 6.17. The van der Waals surface area contributed by atoms with Crippen LogP contribution in [-0.2, 0) is 0 Å². The van der Waals surface area contributed by atoms with Gasteiger partial charge in [-0.1, -0.05) is 25.4 Å². The van der Waals surface area contributed by atoms with Crippen molar-refractivity contribution in [1.82, 2.24) is 14.5 Å². The molecule has 0 aliphatic heterocycles. The van der Waals surface area contributed by atoms with Gasteiger partial charge < -0.3 is 5.11 Å². The summed E-state index contributed by atoms with van der Waals surface area (Å²) in [7, 11) is 0. The molecule has 5 nitrogen and oxygen atoms in total. The molecule has 2 aromatic heterocycles. The fourth-order valence-electron chi connectivity index (χ4n) is 2.13. The third kappa shape index (κ3) is 1.79. The Morgan fingerprint density at radius 3 is 2.72 bits per heavy atom. The summed E-state index contributed by atoms with van der Waals surface area (Å²) < 4.78 is 1.65. The number of rotatable bonds is 3. The third-order valence-electron chi connectivity index (χ3n) is 3.07. The van der Waals surface area contributed by atoms with Gasteiger partial charge in [-0.15, -0.1) is 0 Å². The predicted molar refractivity (Wildman–Crippen MR) is 68.5 cm³/mol. The summed E-state index contributed by atoms with van der Waals surface area (Å²) in [5.41, 5.74) is 1.16. The van der Waals surface area contributed by atoms with Crippen LogP contribution in [0.15, 0.2) is 6.20 Å². The Morgan fingerprint density at radius 2 is 2.17 bits per heavy atom. The summed E-state index contributed by atoms with van der Waals surface area (Å²) in [5, 5.41) is 19.4. The van der Waals surface area contributed by atoms with E-state index in [0.29, 0.717) is 16.7 Å². The maximum atomic E-state index is 9.94. The molecule has 2 heterocycles. The summed E-state index contributed by atoms with van der Waals surface area (Å²) in [4.78, 5) is 8.02. The van der Waals surface area contributed by atoms with Crippen LogP contribution in [0.3, 0.4) is 0 Å². The molecule has 2 aromatic rings. The van der Waals surface area contributed by atoms with Gasteiger partial charge in [-0.3, -0.25) is 4.57 Å². The van der Waals surface area contributed by atoms with Crippen LogP contribution in [0.2, 0.25) is 5.02 Å². The first-order chi connectivity index (χ1) is 8.63. The minimum Gasteiger partial charge on any atom is -0.480 e. The SMILES string of the molecule is CCC(CC)n1c(O)nc2ncc(Cl)c(C#N)c21. The summed E-state index contributed by atoms with van der Waals surface area (Å²) >= 11 is 5.97. The highest BCUT2D eigenvalue weighted by Gasteiger charge is 2.21. The zero-order valence-electron chi connectivity index (χ0n) is 10.2. The summed E-state index contributed by atoms with van der Waals surface area (Å²) in [5.74, 6) is 0. The lowest BCUT2D eigenvalue weighted by Gasteiger charge is -2.16. The van der Waals surface area contributed by atoms with Crippen molar-refractivity contribution in [2.24, 2.45) is 0 Å². The van der Waals surface area contributed by atoms with Gasteiger partial charge >= 0.3 is 0 Å². The van der Waals surface area contributed by atoms with Crippen molar-refractivity contribution in [3.8, 4) is 12.1 Å². The molecule has 0 aliphatic rings. The second-order valence-corrected chi connectivity index (χ2v) is 4.42. The first kappa shape index (κ1) is 12.7.